The van der Waals surface area contributed by atoms with Crippen LogP contribution in [0.15, 0.2) is 30.3 Å². The minimum Gasteiger partial charge on any atom is -0.481 e. The molecule has 0 radical (unpaired) electrons. The van der Waals surface area contributed by atoms with E-state index >= 15 is 0 Å². The molecule has 0 aliphatic rings. The molecule has 0 aliphatic heterocycles. The summed E-state index contributed by atoms with van der Waals surface area (Å²) in [5.74, 6) is -15.1. The van der Waals surface area contributed by atoms with Crippen LogP contribution in [0.3, 0.4) is 0 Å². The number of amides is 11. The van der Waals surface area contributed by atoms with Crippen LogP contribution in [-0.2, 0) is 78.3 Å². The molecule has 11 amide bonds. The van der Waals surface area contributed by atoms with Crippen molar-refractivity contribution in [3.05, 3.63) is 35.9 Å². The highest BCUT2D eigenvalue weighted by Crippen LogP contribution is 2.15. The maximum atomic E-state index is 14.2. The lowest BCUT2D eigenvalue weighted by atomic mass is 10.0. The Hall–Kier alpha value is -8.77. The van der Waals surface area contributed by atoms with E-state index in [9.17, 15) is 92.3 Å². The van der Waals surface area contributed by atoms with Gasteiger partial charge >= 0.3 is 23.9 Å². The first kappa shape index (κ1) is 85.2. The lowest BCUT2D eigenvalue weighted by molar-refractivity contribution is -0.143. The molecule has 18 N–H and O–H groups in total. The van der Waals surface area contributed by atoms with Crippen LogP contribution in [0.2, 0.25) is 0 Å². The highest BCUT2D eigenvalue weighted by molar-refractivity contribution is 5.98. The second-order valence-electron chi connectivity index (χ2n) is 24.5. The van der Waals surface area contributed by atoms with Gasteiger partial charge in [-0.1, -0.05) is 128 Å². The highest BCUT2D eigenvalue weighted by atomic mass is 16.4. The van der Waals surface area contributed by atoms with E-state index in [2.05, 4.69) is 60.1 Å². The van der Waals surface area contributed by atoms with Crippen LogP contribution in [0.1, 0.15) is 207 Å². The predicted molar refractivity (Wildman–Crippen MR) is 351 cm³/mol. The molecule has 0 aromatic heterocycles. The van der Waals surface area contributed by atoms with Gasteiger partial charge in [0.05, 0.1) is 12.6 Å². The monoisotopic (exact) mass is 1360 g/mol. The molecule has 0 heterocycles. The number of rotatable bonds is 54. The number of unbranched alkanes of at least 4 members (excludes halogenated alkanes) is 13. The fourth-order valence-corrected chi connectivity index (χ4v) is 9.89. The summed E-state index contributed by atoms with van der Waals surface area (Å²) in [5.41, 5.74) is 11.8. The number of nitrogens with one attached hydrogen (secondary N) is 10. The molecule has 9 atom stereocenters. The van der Waals surface area contributed by atoms with E-state index in [-0.39, 0.29) is 70.3 Å². The van der Waals surface area contributed by atoms with E-state index in [1.165, 1.54) is 65.2 Å². The Morgan fingerprint density at radius 1 is 0.396 bits per heavy atom. The lowest BCUT2D eigenvalue weighted by Gasteiger charge is -2.26. The van der Waals surface area contributed by atoms with Crippen molar-refractivity contribution in [3.8, 4) is 0 Å². The SMILES string of the molecule is CCCCCCCCCCCCCCCC(=O)N[C@@H](CCC(=O)NCCCC[C@H](NC(=O)[C@H](C)NC(=O)[C@H](C)NC(=O)[C@H](CCC(N)=O)NC(=O)CNC(=O)[C@H](CCC(=O)O)NC(=O)[C@@H](N)CC(C)C)C(=O)N[C@@H](CCC(=O)O)C(=O)N[C@@H](Cc1ccccc1)C(=O)O)C(=O)O. The predicted octanol–water partition coefficient (Wildman–Crippen LogP) is 1.35. The van der Waals surface area contributed by atoms with E-state index in [0.717, 1.165) is 25.7 Å². The van der Waals surface area contributed by atoms with Crippen molar-refractivity contribution in [1.82, 2.24) is 53.2 Å². The normalized spacial score (nSPS) is 13.8. The van der Waals surface area contributed by atoms with E-state index in [0.29, 0.717) is 12.0 Å². The van der Waals surface area contributed by atoms with Gasteiger partial charge in [0.2, 0.25) is 65.0 Å². The van der Waals surface area contributed by atoms with E-state index in [1.54, 1.807) is 30.3 Å². The Kier molecular flexibility index (Phi) is 43.4. The topological polar surface area (TPSA) is 509 Å². The summed E-state index contributed by atoms with van der Waals surface area (Å²) in [6, 6.07) is -4.83. The van der Waals surface area contributed by atoms with Gasteiger partial charge in [-0.05, 0) is 83.1 Å². The van der Waals surface area contributed by atoms with Gasteiger partial charge in [0.15, 0.2) is 0 Å². The average Bonchev–Trinajstić information content (AvgIpc) is 1.08. The number of hydrogen-bond acceptors (Lipinski definition) is 16. The lowest BCUT2D eigenvalue weighted by Crippen LogP contribution is -2.59. The zero-order valence-corrected chi connectivity index (χ0v) is 56.2. The molecule has 0 unspecified atom stereocenters. The Labute approximate surface area is 561 Å². The number of carboxylic acids is 4. The minimum absolute atomic E-state index is 0.00319. The molecule has 0 bridgehead atoms. The van der Waals surface area contributed by atoms with E-state index in [1.807, 2.05) is 13.8 Å². The number of benzene rings is 1. The summed E-state index contributed by atoms with van der Waals surface area (Å²) in [6.07, 6.45) is 11.3. The number of aliphatic carboxylic acids is 4. The zero-order chi connectivity index (χ0) is 72.1. The Morgan fingerprint density at radius 2 is 0.823 bits per heavy atom. The van der Waals surface area contributed by atoms with Crippen molar-refractivity contribution in [3.63, 3.8) is 0 Å². The molecule has 0 saturated carbocycles. The number of carbonyl (C=O) groups excluding carboxylic acids is 11. The average molecular weight is 1360 g/mol. The largest absolute Gasteiger partial charge is 0.481 e. The number of carboxylic acid groups (broad SMARTS) is 4. The van der Waals surface area contributed by atoms with Gasteiger partial charge in [-0.15, -0.1) is 0 Å². The molecular formula is C65H106N12O19. The molecule has 1 aromatic carbocycles. The third-order valence-corrected chi connectivity index (χ3v) is 15.5. The molecule has 96 heavy (non-hydrogen) atoms. The van der Waals surface area contributed by atoms with Crippen molar-refractivity contribution in [1.29, 1.82) is 0 Å². The maximum absolute atomic E-state index is 14.2. The fourth-order valence-electron chi connectivity index (χ4n) is 9.89. The third-order valence-electron chi connectivity index (χ3n) is 15.5. The van der Waals surface area contributed by atoms with Crippen LogP contribution in [0, 0.1) is 5.92 Å². The Bertz CT molecular complexity index is 2680. The summed E-state index contributed by atoms with van der Waals surface area (Å²) < 4.78 is 0. The van der Waals surface area contributed by atoms with Crippen molar-refractivity contribution < 1.29 is 92.3 Å². The van der Waals surface area contributed by atoms with Crippen molar-refractivity contribution in [2.24, 2.45) is 17.4 Å². The van der Waals surface area contributed by atoms with Crippen LogP contribution < -0.4 is 64.6 Å². The van der Waals surface area contributed by atoms with Crippen LogP contribution in [0.5, 0.6) is 0 Å². The summed E-state index contributed by atoms with van der Waals surface area (Å²) in [5, 5.41) is 62.6. The molecule has 1 aromatic rings. The number of primary amides is 1. The number of hydrogen-bond donors (Lipinski definition) is 16. The number of carbonyl (C=O) groups is 15. The molecule has 540 valence electrons. The van der Waals surface area contributed by atoms with E-state index in [4.69, 9.17) is 11.5 Å². The third kappa shape index (κ3) is 39.8. The minimum atomic E-state index is -1.67. The van der Waals surface area contributed by atoms with Gasteiger partial charge in [0, 0.05) is 45.1 Å². The van der Waals surface area contributed by atoms with Gasteiger partial charge in [-0.2, -0.15) is 0 Å². The first-order valence-electron chi connectivity index (χ1n) is 33.4. The van der Waals surface area contributed by atoms with Gasteiger partial charge in [0.25, 0.3) is 0 Å². The summed E-state index contributed by atoms with van der Waals surface area (Å²) >= 11 is 0. The summed E-state index contributed by atoms with van der Waals surface area (Å²) in [7, 11) is 0. The van der Waals surface area contributed by atoms with Crippen LogP contribution in [-0.4, -0.2) is 177 Å². The highest BCUT2D eigenvalue weighted by Gasteiger charge is 2.33. The molecule has 0 aliphatic carbocycles. The van der Waals surface area contributed by atoms with Crippen molar-refractivity contribution in [2.75, 3.05) is 13.1 Å². The smallest absolute Gasteiger partial charge is 0.326 e. The molecule has 31 nitrogen and oxygen atoms in total. The first-order valence-corrected chi connectivity index (χ1v) is 33.4. The second kappa shape index (κ2) is 48.9. The number of nitrogens with two attached hydrogens (primary N) is 2. The Morgan fingerprint density at radius 3 is 1.34 bits per heavy atom. The van der Waals surface area contributed by atoms with Gasteiger partial charge < -0.3 is 85.1 Å². The molecule has 0 spiro atoms. The molecule has 31 heteroatoms. The maximum Gasteiger partial charge on any atom is 0.326 e. The first-order chi connectivity index (χ1) is 45.4. The van der Waals surface area contributed by atoms with Crippen molar-refractivity contribution in [2.45, 2.75) is 262 Å². The Balaban J connectivity index is 3.16. The summed E-state index contributed by atoms with van der Waals surface area (Å²) in [4.78, 5) is 192. The van der Waals surface area contributed by atoms with Crippen LogP contribution in [0.4, 0.5) is 0 Å². The summed E-state index contributed by atoms with van der Waals surface area (Å²) in [6.45, 7) is 7.38. The fraction of sp³-hybridized carbons (Fsp3) is 0.677. The van der Waals surface area contributed by atoms with Crippen molar-refractivity contribution >= 4 is 88.9 Å². The standard InChI is InChI=1S/C65H106N12O19/c1-6-7-8-9-10-11-12-13-14-15-16-17-21-27-53(80)73-49(64(93)94)29-33-52(79)68-36-23-22-26-45(62(91)76-48(31-35-56(84)85)63(92)77-50(65(95)96)38-43-24-19-18-20-25-43)74-58(87)42(5)70-57(86)41(4)71-61(90)47(28-32-51(67)78)72-54(81)39-69-60(89)46(30-34-55(82)83)75-59(88)44(66)37-40(2)3/h18-20,24-25,40-42,44-50H,6-17,21-23,26-39,66H2,1-5H3,(H2,67,78)(H,68,79)(H,69,89)(H,70,86)(H,71,90)(H,72,81)(H,73,80)(H,74,87)(H,75,88)(H,76,91)(H,77,92)(H,82,83)(H,84,85)(H,93,94)(H,95,96)/t41-,42-,44-,45-,46-,47-,48-,49-,50-/m0/s1. The van der Waals surface area contributed by atoms with Crippen LogP contribution >= 0.6 is 0 Å². The molecule has 1 rings (SSSR count). The van der Waals surface area contributed by atoms with Gasteiger partial charge in [-0.25, -0.2) is 9.59 Å². The molecular weight excluding hydrogens is 1250 g/mol. The quantitative estimate of drug-likeness (QED) is 0.0409. The molecule has 0 fully saturated rings. The molecule has 0 saturated heterocycles. The second-order valence-corrected chi connectivity index (χ2v) is 24.5. The van der Waals surface area contributed by atoms with Gasteiger partial charge in [0.1, 0.15) is 48.3 Å². The van der Waals surface area contributed by atoms with Gasteiger partial charge in [-0.3, -0.25) is 62.3 Å². The zero-order valence-electron chi connectivity index (χ0n) is 56.2. The van der Waals surface area contributed by atoms with Crippen LogP contribution in [0.25, 0.3) is 0 Å². The van der Waals surface area contributed by atoms with E-state index < -0.39 is 182 Å².